The van der Waals surface area contributed by atoms with Gasteiger partial charge in [0.25, 0.3) is 0 Å². The first-order valence-electron chi connectivity index (χ1n) is 7.24. The van der Waals surface area contributed by atoms with Crippen molar-refractivity contribution in [3.8, 4) is 0 Å². The smallest absolute Gasteiger partial charge is 0.360 e. The van der Waals surface area contributed by atoms with Crippen molar-refractivity contribution in [3.05, 3.63) is 11.5 Å². The van der Waals surface area contributed by atoms with Crippen LogP contribution in [0.1, 0.15) is 57.9 Å². The standard InChI is InChI=1S/C15H27N3O2/c1-7-11-17-12(14(19)20-8-2)13(16)18(11)9-10(3)15(4,5)6/h10H,7-9,16H2,1-6H3. The number of aromatic nitrogens is 2. The molecular weight excluding hydrogens is 254 g/mol. The highest BCUT2D eigenvalue weighted by Crippen LogP contribution is 2.29. The van der Waals surface area contributed by atoms with E-state index in [1.54, 1.807) is 6.92 Å². The number of carbonyl (C=O) groups excluding carboxylic acids is 1. The Kier molecular flexibility index (Phi) is 5.20. The van der Waals surface area contributed by atoms with Crippen LogP contribution < -0.4 is 5.73 Å². The molecule has 1 unspecified atom stereocenters. The van der Waals surface area contributed by atoms with Crippen LogP contribution in [0, 0.1) is 11.3 Å². The number of rotatable bonds is 5. The van der Waals surface area contributed by atoms with Crippen LogP contribution >= 0.6 is 0 Å². The van der Waals surface area contributed by atoms with Crippen molar-refractivity contribution in [1.82, 2.24) is 9.55 Å². The summed E-state index contributed by atoms with van der Waals surface area (Å²) < 4.78 is 6.95. The van der Waals surface area contributed by atoms with Gasteiger partial charge in [-0.15, -0.1) is 0 Å². The molecule has 1 aromatic heterocycles. The number of esters is 1. The number of hydrogen-bond donors (Lipinski definition) is 1. The SMILES string of the molecule is CCOC(=O)c1nc(CC)n(CC(C)C(C)(C)C)c1N. The lowest BCUT2D eigenvalue weighted by atomic mass is 9.82. The Morgan fingerprint density at radius 3 is 2.45 bits per heavy atom. The van der Waals surface area contributed by atoms with Crippen LogP contribution in [-0.4, -0.2) is 22.1 Å². The minimum absolute atomic E-state index is 0.172. The molecule has 0 amide bonds. The predicted octanol–water partition coefficient (Wildman–Crippen LogP) is 2.89. The van der Waals surface area contributed by atoms with E-state index in [0.29, 0.717) is 18.3 Å². The number of nitrogens with two attached hydrogens (primary N) is 1. The van der Waals surface area contributed by atoms with E-state index in [2.05, 4.69) is 32.7 Å². The fourth-order valence-corrected chi connectivity index (χ4v) is 1.88. The molecule has 0 fully saturated rings. The van der Waals surface area contributed by atoms with Crippen LogP contribution in [0.15, 0.2) is 0 Å². The number of imidazole rings is 1. The van der Waals surface area contributed by atoms with E-state index < -0.39 is 5.97 Å². The van der Waals surface area contributed by atoms with Crippen molar-refractivity contribution in [2.24, 2.45) is 11.3 Å². The number of nitrogens with zero attached hydrogens (tertiary/aromatic N) is 2. The van der Waals surface area contributed by atoms with Gasteiger partial charge < -0.3 is 15.0 Å². The zero-order valence-electron chi connectivity index (χ0n) is 13.5. The average Bonchev–Trinajstić information content (AvgIpc) is 2.66. The molecule has 114 valence electrons. The van der Waals surface area contributed by atoms with Gasteiger partial charge in [0, 0.05) is 13.0 Å². The third-order valence-electron chi connectivity index (χ3n) is 3.81. The lowest BCUT2D eigenvalue weighted by molar-refractivity contribution is 0.0521. The fourth-order valence-electron chi connectivity index (χ4n) is 1.88. The highest BCUT2D eigenvalue weighted by molar-refractivity contribution is 5.92. The molecular formula is C15H27N3O2. The maximum atomic E-state index is 11.9. The van der Waals surface area contributed by atoms with E-state index >= 15 is 0 Å². The first kappa shape index (κ1) is 16.5. The van der Waals surface area contributed by atoms with Gasteiger partial charge in [-0.25, -0.2) is 9.78 Å². The third-order valence-corrected chi connectivity index (χ3v) is 3.81. The molecule has 1 atom stereocenters. The molecule has 0 radical (unpaired) electrons. The Balaban J connectivity index is 3.10. The number of ether oxygens (including phenoxy) is 1. The largest absolute Gasteiger partial charge is 0.461 e. The molecule has 0 saturated heterocycles. The zero-order valence-corrected chi connectivity index (χ0v) is 13.5. The molecule has 0 saturated carbocycles. The highest BCUT2D eigenvalue weighted by Gasteiger charge is 2.25. The molecule has 0 aliphatic rings. The van der Waals surface area contributed by atoms with Gasteiger partial charge in [0.1, 0.15) is 11.6 Å². The second kappa shape index (κ2) is 6.29. The van der Waals surface area contributed by atoms with Crippen LogP contribution in [0.4, 0.5) is 5.82 Å². The van der Waals surface area contributed by atoms with E-state index in [4.69, 9.17) is 10.5 Å². The van der Waals surface area contributed by atoms with Crippen molar-refractivity contribution in [2.75, 3.05) is 12.3 Å². The summed E-state index contributed by atoms with van der Waals surface area (Å²) in [7, 11) is 0. The maximum Gasteiger partial charge on any atom is 0.360 e. The molecule has 0 spiro atoms. The van der Waals surface area contributed by atoms with Crippen LogP contribution in [0.25, 0.3) is 0 Å². The minimum Gasteiger partial charge on any atom is -0.461 e. The molecule has 0 aromatic carbocycles. The fraction of sp³-hybridized carbons (Fsp3) is 0.733. The quantitative estimate of drug-likeness (QED) is 0.842. The summed E-state index contributed by atoms with van der Waals surface area (Å²) in [5.74, 6) is 1.22. The second-order valence-corrected chi connectivity index (χ2v) is 6.21. The molecule has 5 nitrogen and oxygen atoms in total. The van der Waals surface area contributed by atoms with Crippen LogP contribution in [0.2, 0.25) is 0 Å². The van der Waals surface area contributed by atoms with E-state index in [0.717, 1.165) is 18.8 Å². The number of nitrogen functional groups attached to an aromatic ring is 1. The van der Waals surface area contributed by atoms with Gasteiger partial charge in [0.2, 0.25) is 0 Å². The lowest BCUT2D eigenvalue weighted by Crippen LogP contribution is -2.24. The van der Waals surface area contributed by atoms with Gasteiger partial charge in [-0.1, -0.05) is 34.6 Å². The van der Waals surface area contributed by atoms with Gasteiger partial charge in [0.15, 0.2) is 5.69 Å². The maximum absolute atomic E-state index is 11.9. The molecule has 5 heteroatoms. The third kappa shape index (κ3) is 3.52. The monoisotopic (exact) mass is 281 g/mol. The topological polar surface area (TPSA) is 70.1 Å². The summed E-state index contributed by atoms with van der Waals surface area (Å²) in [4.78, 5) is 16.2. The zero-order chi connectivity index (χ0) is 15.5. The number of carbonyl (C=O) groups is 1. The number of hydrogen-bond acceptors (Lipinski definition) is 4. The van der Waals surface area contributed by atoms with E-state index in [9.17, 15) is 4.79 Å². The summed E-state index contributed by atoms with van der Waals surface area (Å²) in [6.45, 7) is 13.6. The Hall–Kier alpha value is -1.52. The molecule has 0 aliphatic heterocycles. The molecule has 2 N–H and O–H groups in total. The Bertz CT molecular complexity index is 472. The number of anilines is 1. The van der Waals surface area contributed by atoms with Gasteiger partial charge in [-0.05, 0) is 18.3 Å². The van der Waals surface area contributed by atoms with E-state index in [-0.39, 0.29) is 11.1 Å². The van der Waals surface area contributed by atoms with Crippen molar-refractivity contribution in [2.45, 2.75) is 54.5 Å². The first-order valence-corrected chi connectivity index (χ1v) is 7.24. The Morgan fingerprint density at radius 1 is 1.40 bits per heavy atom. The van der Waals surface area contributed by atoms with Crippen LogP contribution in [0.5, 0.6) is 0 Å². The molecule has 20 heavy (non-hydrogen) atoms. The molecule has 1 rings (SSSR count). The lowest BCUT2D eigenvalue weighted by Gasteiger charge is -2.28. The van der Waals surface area contributed by atoms with Gasteiger partial charge in [0.05, 0.1) is 6.61 Å². The Morgan fingerprint density at radius 2 is 2.00 bits per heavy atom. The second-order valence-electron chi connectivity index (χ2n) is 6.21. The molecule has 1 aromatic rings. The van der Waals surface area contributed by atoms with Gasteiger partial charge in [-0.3, -0.25) is 0 Å². The summed E-state index contributed by atoms with van der Waals surface area (Å²) in [5, 5.41) is 0. The average molecular weight is 281 g/mol. The van der Waals surface area contributed by atoms with Gasteiger partial charge in [-0.2, -0.15) is 0 Å². The summed E-state index contributed by atoms with van der Waals surface area (Å²) in [6.07, 6.45) is 0.737. The highest BCUT2D eigenvalue weighted by atomic mass is 16.5. The first-order chi connectivity index (χ1) is 9.22. The predicted molar refractivity (Wildman–Crippen MR) is 80.6 cm³/mol. The van der Waals surface area contributed by atoms with E-state index in [1.165, 1.54) is 0 Å². The van der Waals surface area contributed by atoms with Crippen molar-refractivity contribution in [3.63, 3.8) is 0 Å². The molecule has 0 bridgehead atoms. The summed E-state index contributed by atoms with van der Waals surface area (Å²) >= 11 is 0. The van der Waals surface area contributed by atoms with Crippen LogP contribution in [0.3, 0.4) is 0 Å². The van der Waals surface area contributed by atoms with Crippen molar-refractivity contribution < 1.29 is 9.53 Å². The Labute approximate surface area is 121 Å². The summed E-state index contributed by atoms with van der Waals surface area (Å²) in [5.41, 5.74) is 6.52. The molecule has 1 heterocycles. The summed E-state index contributed by atoms with van der Waals surface area (Å²) in [6, 6.07) is 0. The minimum atomic E-state index is -0.443. The van der Waals surface area contributed by atoms with Crippen molar-refractivity contribution in [1.29, 1.82) is 0 Å². The van der Waals surface area contributed by atoms with Crippen molar-refractivity contribution >= 4 is 11.8 Å². The van der Waals surface area contributed by atoms with Crippen LogP contribution in [-0.2, 0) is 17.7 Å². The van der Waals surface area contributed by atoms with E-state index in [1.807, 2.05) is 11.5 Å². The normalized spacial score (nSPS) is 13.3. The number of aryl methyl sites for hydroxylation is 1. The molecule has 0 aliphatic carbocycles. The van der Waals surface area contributed by atoms with Gasteiger partial charge >= 0.3 is 5.97 Å².